The van der Waals surface area contributed by atoms with Gasteiger partial charge in [0.05, 0.1) is 17.1 Å². The van der Waals surface area contributed by atoms with Crippen LogP contribution < -0.4 is 4.74 Å². The number of hydrogen-bond acceptors (Lipinski definition) is 4. The Balaban J connectivity index is 1.62. The summed E-state index contributed by atoms with van der Waals surface area (Å²) in [6, 6.07) is 5.97. The molecule has 4 nitrogen and oxygen atoms in total. The topological polar surface area (TPSA) is 30.3 Å². The molecule has 0 radical (unpaired) electrons. The van der Waals surface area contributed by atoms with E-state index < -0.39 is 0 Å². The normalized spacial score (nSPS) is 16.9. The molecule has 0 aliphatic carbocycles. The molecule has 1 aromatic carbocycles. The summed E-state index contributed by atoms with van der Waals surface area (Å²) in [5.74, 6) is 0.898. The molecule has 1 aliphatic rings. The molecule has 0 N–H and O–H groups in total. The highest BCUT2D eigenvalue weighted by molar-refractivity contribution is 7.78. The van der Waals surface area contributed by atoms with Gasteiger partial charge in [0.15, 0.2) is 0 Å². The van der Waals surface area contributed by atoms with Crippen LogP contribution in [0.1, 0.15) is 19.3 Å². The molecule has 0 saturated carbocycles. The summed E-state index contributed by atoms with van der Waals surface area (Å²) in [5.41, 5.74) is 0.985. The lowest BCUT2D eigenvalue weighted by atomic mass is 10.1. The number of ether oxygens (including phenoxy) is 1. The molecule has 2 heterocycles. The second kappa shape index (κ2) is 5.84. The zero-order chi connectivity index (χ0) is 13.1. The van der Waals surface area contributed by atoms with Crippen molar-refractivity contribution >= 4 is 23.7 Å². The van der Waals surface area contributed by atoms with E-state index in [4.69, 9.17) is 4.74 Å². The first kappa shape index (κ1) is 12.8. The maximum absolute atomic E-state index is 5.91. The minimum Gasteiger partial charge on any atom is -0.491 e. The molecule has 0 spiro atoms. The SMILES string of the molecule is Sn1ncc2c(OCCN3CCCCC3)cccc21. The Morgan fingerprint density at radius 3 is 2.89 bits per heavy atom. The van der Waals surface area contributed by atoms with Crippen molar-refractivity contribution in [3.05, 3.63) is 24.4 Å². The molecule has 1 aromatic heterocycles. The molecule has 102 valence electrons. The summed E-state index contributed by atoms with van der Waals surface area (Å²) in [6.07, 6.45) is 5.82. The average Bonchev–Trinajstić information content (AvgIpc) is 2.83. The quantitative estimate of drug-likeness (QED) is 0.871. The monoisotopic (exact) mass is 277 g/mol. The summed E-state index contributed by atoms with van der Waals surface area (Å²) < 4.78 is 7.48. The first-order valence-corrected chi connectivity index (χ1v) is 7.26. The zero-order valence-electron chi connectivity index (χ0n) is 11.0. The second-order valence-corrected chi connectivity index (χ2v) is 5.35. The van der Waals surface area contributed by atoms with Gasteiger partial charge in [-0.15, -0.1) is 0 Å². The summed E-state index contributed by atoms with van der Waals surface area (Å²) in [6.45, 7) is 4.16. The molecule has 0 unspecified atom stereocenters. The molecule has 0 bridgehead atoms. The van der Waals surface area contributed by atoms with Crippen molar-refractivity contribution in [3.63, 3.8) is 0 Å². The Morgan fingerprint density at radius 2 is 2.05 bits per heavy atom. The number of fused-ring (bicyclic) bond motifs is 1. The number of aromatic nitrogens is 2. The van der Waals surface area contributed by atoms with E-state index in [1.807, 2.05) is 18.2 Å². The molecular weight excluding hydrogens is 258 g/mol. The average molecular weight is 277 g/mol. The van der Waals surface area contributed by atoms with Crippen LogP contribution in [0.2, 0.25) is 0 Å². The van der Waals surface area contributed by atoms with Gasteiger partial charge in [-0.25, -0.2) is 4.09 Å². The lowest BCUT2D eigenvalue weighted by Gasteiger charge is -2.26. The molecule has 0 atom stereocenters. The van der Waals surface area contributed by atoms with Crippen molar-refractivity contribution in [2.45, 2.75) is 19.3 Å². The van der Waals surface area contributed by atoms with Crippen molar-refractivity contribution in [2.75, 3.05) is 26.2 Å². The van der Waals surface area contributed by atoms with Crippen LogP contribution in [0.3, 0.4) is 0 Å². The first-order chi connectivity index (χ1) is 9.34. The van der Waals surface area contributed by atoms with E-state index in [0.29, 0.717) is 0 Å². The summed E-state index contributed by atoms with van der Waals surface area (Å²) in [7, 11) is 0. The molecule has 3 rings (SSSR count). The standard InChI is InChI=1S/C14H19N3OS/c19-17-13-5-4-6-14(12(13)11-15-17)18-10-9-16-7-2-1-3-8-16/h4-6,11,19H,1-3,7-10H2. The fourth-order valence-electron chi connectivity index (χ4n) is 2.60. The van der Waals surface area contributed by atoms with E-state index in [-0.39, 0.29) is 0 Å². The maximum atomic E-state index is 5.91. The Hall–Kier alpha value is -1.20. The van der Waals surface area contributed by atoms with Gasteiger partial charge in [0, 0.05) is 6.54 Å². The van der Waals surface area contributed by atoms with Gasteiger partial charge >= 0.3 is 0 Å². The second-order valence-electron chi connectivity index (χ2n) is 4.97. The summed E-state index contributed by atoms with van der Waals surface area (Å²) >= 11 is 4.26. The Labute approximate surface area is 118 Å². The van der Waals surface area contributed by atoms with Gasteiger partial charge in [0.1, 0.15) is 12.4 Å². The Bertz CT molecular complexity index is 549. The van der Waals surface area contributed by atoms with Gasteiger partial charge in [-0.2, -0.15) is 5.10 Å². The zero-order valence-corrected chi connectivity index (χ0v) is 11.9. The summed E-state index contributed by atoms with van der Waals surface area (Å²) in [4.78, 5) is 2.48. The Morgan fingerprint density at radius 1 is 1.21 bits per heavy atom. The van der Waals surface area contributed by atoms with Crippen molar-refractivity contribution in [3.8, 4) is 5.75 Å². The molecule has 5 heteroatoms. The van der Waals surface area contributed by atoms with Crippen LogP contribution >= 0.6 is 12.8 Å². The largest absolute Gasteiger partial charge is 0.491 e. The van der Waals surface area contributed by atoms with Crippen molar-refractivity contribution in [1.82, 2.24) is 14.1 Å². The maximum Gasteiger partial charge on any atom is 0.130 e. The highest BCUT2D eigenvalue weighted by Gasteiger charge is 2.10. The van der Waals surface area contributed by atoms with Crippen molar-refractivity contribution in [2.24, 2.45) is 0 Å². The fourth-order valence-corrected chi connectivity index (χ4v) is 2.83. The number of piperidine rings is 1. The van der Waals surface area contributed by atoms with Crippen LogP contribution in [-0.2, 0) is 0 Å². The minimum atomic E-state index is 0.733. The van der Waals surface area contributed by atoms with Crippen molar-refractivity contribution in [1.29, 1.82) is 0 Å². The highest BCUT2D eigenvalue weighted by Crippen LogP contribution is 2.25. The third-order valence-electron chi connectivity index (χ3n) is 3.67. The van der Waals surface area contributed by atoms with Gasteiger partial charge in [0.25, 0.3) is 0 Å². The number of benzene rings is 1. The van der Waals surface area contributed by atoms with E-state index in [1.165, 1.54) is 32.4 Å². The van der Waals surface area contributed by atoms with Crippen LogP contribution in [0, 0.1) is 0 Å². The lowest BCUT2D eigenvalue weighted by molar-refractivity contribution is 0.184. The van der Waals surface area contributed by atoms with Crippen LogP contribution in [0.25, 0.3) is 10.9 Å². The van der Waals surface area contributed by atoms with E-state index in [1.54, 1.807) is 10.3 Å². The lowest BCUT2D eigenvalue weighted by Crippen LogP contribution is -2.33. The van der Waals surface area contributed by atoms with E-state index in [9.17, 15) is 0 Å². The summed E-state index contributed by atoms with van der Waals surface area (Å²) in [5, 5.41) is 5.17. The molecule has 1 saturated heterocycles. The van der Waals surface area contributed by atoms with Gasteiger partial charge in [-0.05, 0) is 50.9 Å². The van der Waals surface area contributed by atoms with Gasteiger partial charge in [0.2, 0.25) is 0 Å². The molecule has 2 aromatic rings. The highest BCUT2D eigenvalue weighted by atomic mass is 32.1. The molecule has 1 fully saturated rings. The van der Waals surface area contributed by atoms with E-state index in [0.717, 1.165) is 29.8 Å². The predicted octanol–water partition coefficient (Wildman–Crippen LogP) is 2.59. The van der Waals surface area contributed by atoms with Gasteiger partial charge in [-0.1, -0.05) is 12.5 Å². The molecule has 0 amide bonds. The smallest absolute Gasteiger partial charge is 0.130 e. The molecular formula is C14H19N3OS. The van der Waals surface area contributed by atoms with Crippen LogP contribution in [0.4, 0.5) is 0 Å². The predicted molar refractivity (Wildman–Crippen MR) is 79.9 cm³/mol. The number of rotatable bonds is 4. The van der Waals surface area contributed by atoms with Crippen molar-refractivity contribution < 1.29 is 4.74 Å². The minimum absolute atomic E-state index is 0.733. The van der Waals surface area contributed by atoms with Gasteiger partial charge < -0.3 is 4.74 Å². The molecule has 1 aliphatic heterocycles. The third kappa shape index (κ3) is 2.87. The van der Waals surface area contributed by atoms with E-state index in [2.05, 4.69) is 22.8 Å². The molecule has 19 heavy (non-hydrogen) atoms. The van der Waals surface area contributed by atoms with Crippen LogP contribution in [-0.4, -0.2) is 40.3 Å². The fraction of sp³-hybridized carbons (Fsp3) is 0.500. The van der Waals surface area contributed by atoms with Gasteiger partial charge in [-0.3, -0.25) is 4.90 Å². The first-order valence-electron chi connectivity index (χ1n) is 6.86. The number of thiol groups is 1. The van der Waals surface area contributed by atoms with E-state index >= 15 is 0 Å². The van der Waals surface area contributed by atoms with Crippen LogP contribution in [0.15, 0.2) is 24.4 Å². The number of likely N-dealkylation sites (tertiary alicyclic amines) is 1. The number of nitrogens with zero attached hydrogens (tertiary/aromatic N) is 3. The Kier molecular flexibility index (Phi) is 3.94. The number of hydrogen-bond donors (Lipinski definition) is 1. The van der Waals surface area contributed by atoms with Crippen LogP contribution in [0.5, 0.6) is 5.75 Å². The third-order valence-corrected chi connectivity index (χ3v) is 3.99.